The Morgan fingerprint density at radius 3 is 2.80 bits per heavy atom. The van der Waals surface area contributed by atoms with E-state index >= 15 is 0 Å². The second kappa shape index (κ2) is 2.91. The topological polar surface area (TPSA) is 12.0 Å². The van der Waals surface area contributed by atoms with Crippen LogP contribution in [-0.2, 0) is 0 Å². The van der Waals surface area contributed by atoms with Gasteiger partial charge in [0.15, 0.2) is 0 Å². The first-order valence-electron chi connectivity index (χ1n) is 4.31. The average Bonchev–Trinajstić information content (AvgIpc) is 1.94. The molecule has 1 fully saturated rings. The normalized spacial score (nSPS) is 33.3. The minimum atomic E-state index is 0.532. The molecule has 1 aliphatic heterocycles. The maximum Gasteiger partial charge on any atom is 0.000263 e. The summed E-state index contributed by atoms with van der Waals surface area (Å²) >= 11 is 0. The van der Waals surface area contributed by atoms with E-state index in [0.29, 0.717) is 5.41 Å². The molecule has 0 bridgehead atoms. The van der Waals surface area contributed by atoms with Crippen molar-refractivity contribution in [3.8, 4) is 0 Å². The van der Waals surface area contributed by atoms with Gasteiger partial charge in [0.05, 0.1) is 0 Å². The van der Waals surface area contributed by atoms with Crippen LogP contribution in [0.15, 0.2) is 0 Å². The zero-order valence-corrected chi connectivity index (χ0v) is 7.41. The highest BCUT2D eigenvalue weighted by Crippen LogP contribution is 2.25. The van der Waals surface area contributed by atoms with Gasteiger partial charge in [-0.2, -0.15) is 0 Å². The van der Waals surface area contributed by atoms with Gasteiger partial charge in [-0.05, 0) is 30.7 Å². The van der Waals surface area contributed by atoms with Gasteiger partial charge in [0, 0.05) is 6.54 Å². The highest BCUT2D eigenvalue weighted by molar-refractivity contribution is 4.77. The summed E-state index contributed by atoms with van der Waals surface area (Å²) in [5, 5.41) is 3.49. The van der Waals surface area contributed by atoms with Crippen molar-refractivity contribution in [2.45, 2.75) is 33.6 Å². The largest absolute Gasteiger partial charge is 0.316 e. The summed E-state index contributed by atoms with van der Waals surface area (Å²) in [6.07, 6.45) is 2.77. The highest BCUT2D eigenvalue weighted by atomic mass is 14.9. The van der Waals surface area contributed by atoms with E-state index < -0.39 is 0 Å². The van der Waals surface area contributed by atoms with E-state index in [-0.39, 0.29) is 0 Å². The van der Waals surface area contributed by atoms with Crippen LogP contribution in [0.1, 0.15) is 33.6 Å². The van der Waals surface area contributed by atoms with E-state index in [1.165, 1.54) is 25.9 Å². The summed E-state index contributed by atoms with van der Waals surface area (Å²) in [4.78, 5) is 0. The molecular formula is C9H19N. The van der Waals surface area contributed by atoms with Crippen molar-refractivity contribution >= 4 is 0 Å². The summed E-state index contributed by atoms with van der Waals surface area (Å²) in [6, 6.07) is 0. The molecule has 1 heterocycles. The lowest BCUT2D eigenvalue weighted by molar-refractivity contribution is 0.330. The Bertz CT molecular complexity index is 107. The molecule has 1 N–H and O–H groups in total. The summed E-state index contributed by atoms with van der Waals surface area (Å²) in [5.74, 6) is 0.877. The molecule has 0 aromatic heterocycles. The van der Waals surface area contributed by atoms with Gasteiger partial charge in [-0.25, -0.2) is 0 Å². The Morgan fingerprint density at radius 2 is 2.10 bits per heavy atom. The minimum absolute atomic E-state index is 0.532. The van der Waals surface area contributed by atoms with E-state index in [0.717, 1.165) is 5.92 Å². The minimum Gasteiger partial charge on any atom is -0.316 e. The lowest BCUT2D eigenvalue weighted by atomic mass is 9.87. The predicted molar refractivity (Wildman–Crippen MR) is 45.0 cm³/mol. The molecule has 1 aliphatic rings. The van der Waals surface area contributed by atoms with Gasteiger partial charge >= 0.3 is 0 Å². The van der Waals surface area contributed by atoms with Crippen LogP contribution in [0.5, 0.6) is 0 Å². The van der Waals surface area contributed by atoms with E-state index in [2.05, 4.69) is 26.1 Å². The maximum atomic E-state index is 3.49. The van der Waals surface area contributed by atoms with Crippen LogP contribution in [0, 0.1) is 11.3 Å². The van der Waals surface area contributed by atoms with E-state index in [9.17, 15) is 0 Å². The molecule has 0 unspecified atom stereocenters. The highest BCUT2D eigenvalue weighted by Gasteiger charge is 2.21. The fourth-order valence-electron chi connectivity index (χ4n) is 1.48. The van der Waals surface area contributed by atoms with Crippen LogP contribution in [0.2, 0.25) is 0 Å². The smallest absolute Gasteiger partial charge is 0.000263 e. The quantitative estimate of drug-likeness (QED) is 0.544. The average molecular weight is 141 g/mol. The van der Waals surface area contributed by atoms with Crippen molar-refractivity contribution in [1.82, 2.24) is 5.32 Å². The van der Waals surface area contributed by atoms with Gasteiger partial charge in [-0.15, -0.1) is 0 Å². The molecule has 0 radical (unpaired) electrons. The molecular weight excluding hydrogens is 122 g/mol. The van der Waals surface area contributed by atoms with Crippen molar-refractivity contribution < 1.29 is 0 Å². The Labute approximate surface area is 64.2 Å². The summed E-state index contributed by atoms with van der Waals surface area (Å²) < 4.78 is 0. The van der Waals surface area contributed by atoms with Gasteiger partial charge in [0.1, 0.15) is 0 Å². The van der Waals surface area contributed by atoms with Crippen molar-refractivity contribution in [2.75, 3.05) is 13.1 Å². The van der Waals surface area contributed by atoms with E-state index in [1.54, 1.807) is 0 Å². The third-order valence-corrected chi connectivity index (χ3v) is 2.41. The van der Waals surface area contributed by atoms with Crippen molar-refractivity contribution in [1.29, 1.82) is 0 Å². The SMILES string of the molecule is C[C@@H]1CCC(C)(C)CNC1. The molecule has 1 nitrogen and oxygen atoms in total. The third-order valence-electron chi connectivity index (χ3n) is 2.41. The Hall–Kier alpha value is -0.0400. The van der Waals surface area contributed by atoms with Crippen molar-refractivity contribution in [3.63, 3.8) is 0 Å². The van der Waals surface area contributed by atoms with Crippen LogP contribution in [0.25, 0.3) is 0 Å². The molecule has 0 aromatic rings. The van der Waals surface area contributed by atoms with Crippen LogP contribution < -0.4 is 5.32 Å². The van der Waals surface area contributed by atoms with Crippen molar-refractivity contribution in [2.24, 2.45) is 11.3 Å². The van der Waals surface area contributed by atoms with Crippen LogP contribution in [0.4, 0.5) is 0 Å². The van der Waals surface area contributed by atoms with Gasteiger partial charge in [-0.3, -0.25) is 0 Å². The van der Waals surface area contributed by atoms with Crippen LogP contribution >= 0.6 is 0 Å². The number of hydrogen-bond acceptors (Lipinski definition) is 1. The molecule has 0 spiro atoms. The monoisotopic (exact) mass is 141 g/mol. The fraction of sp³-hybridized carbons (Fsp3) is 1.00. The maximum absolute atomic E-state index is 3.49. The molecule has 0 amide bonds. The molecule has 0 aliphatic carbocycles. The first-order valence-corrected chi connectivity index (χ1v) is 4.31. The second-order valence-corrected chi connectivity index (χ2v) is 4.44. The van der Waals surface area contributed by atoms with Gasteiger partial charge in [0.25, 0.3) is 0 Å². The molecule has 1 saturated heterocycles. The molecule has 1 rings (SSSR count). The van der Waals surface area contributed by atoms with E-state index in [4.69, 9.17) is 0 Å². The third kappa shape index (κ3) is 2.30. The molecule has 0 aromatic carbocycles. The van der Waals surface area contributed by atoms with Gasteiger partial charge in [-0.1, -0.05) is 20.8 Å². The van der Waals surface area contributed by atoms with Crippen LogP contribution in [-0.4, -0.2) is 13.1 Å². The molecule has 60 valence electrons. The Balaban J connectivity index is 2.41. The van der Waals surface area contributed by atoms with Gasteiger partial charge < -0.3 is 5.32 Å². The number of nitrogens with one attached hydrogen (secondary N) is 1. The molecule has 10 heavy (non-hydrogen) atoms. The first-order chi connectivity index (χ1) is 4.60. The first kappa shape index (κ1) is 8.06. The fourth-order valence-corrected chi connectivity index (χ4v) is 1.48. The molecule has 1 atom stereocenters. The standard InChI is InChI=1S/C9H19N/c1-8-4-5-9(2,3)7-10-6-8/h8,10H,4-7H2,1-3H3/t8-/m1/s1. The molecule has 0 saturated carbocycles. The lowest BCUT2D eigenvalue weighted by Crippen LogP contribution is -2.27. The summed E-state index contributed by atoms with van der Waals surface area (Å²) in [7, 11) is 0. The zero-order valence-electron chi connectivity index (χ0n) is 7.41. The predicted octanol–water partition coefficient (Wildman–Crippen LogP) is 2.03. The Morgan fingerprint density at radius 1 is 1.40 bits per heavy atom. The van der Waals surface area contributed by atoms with Crippen molar-refractivity contribution in [3.05, 3.63) is 0 Å². The summed E-state index contributed by atoms with van der Waals surface area (Å²) in [5.41, 5.74) is 0.532. The Kier molecular flexibility index (Phi) is 2.35. The lowest BCUT2D eigenvalue weighted by Gasteiger charge is -2.21. The zero-order chi connectivity index (χ0) is 7.61. The number of hydrogen-bond donors (Lipinski definition) is 1. The molecule has 1 heteroatoms. The second-order valence-electron chi connectivity index (χ2n) is 4.44. The van der Waals surface area contributed by atoms with Crippen LogP contribution in [0.3, 0.4) is 0 Å². The summed E-state index contributed by atoms with van der Waals surface area (Å²) in [6.45, 7) is 9.42. The van der Waals surface area contributed by atoms with E-state index in [1.807, 2.05) is 0 Å². The van der Waals surface area contributed by atoms with Gasteiger partial charge in [0.2, 0.25) is 0 Å². The number of rotatable bonds is 0.